The molecule has 5 heteroatoms. The predicted octanol–water partition coefficient (Wildman–Crippen LogP) is 13.3. The lowest BCUT2D eigenvalue weighted by Crippen LogP contribution is -1.98. The van der Waals surface area contributed by atoms with Crippen LogP contribution in [-0.4, -0.2) is 23.9 Å². The number of nitrogens with zero attached hydrogens (tertiary/aromatic N) is 5. The van der Waals surface area contributed by atoms with Crippen molar-refractivity contribution in [3.8, 4) is 50.5 Å². The summed E-state index contributed by atoms with van der Waals surface area (Å²) in [5.74, 6) is 0. The van der Waals surface area contributed by atoms with Gasteiger partial charge in [-0.15, -0.1) is 0 Å². The van der Waals surface area contributed by atoms with Gasteiger partial charge in [-0.25, -0.2) is 4.98 Å². The second kappa shape index (κ2) is 12.8. The van der Waals surface area contributed by atoms with Crippen molar-refractivity contribution < 1.29 is 0 Å². The summed E-state index contributed by atoms with van der Waals surface area (Å²) in [5.41, 5.74) is 15.3. The van der Waals surface area contributed by atoms with E-state index in [-0.39, 0.29) is 0 Å². The fourth-order valence-corrected chi connectivity index (χ4v) is 9.00. The van der Waals surface area contributed by atoms with Crippen LogP contribution >= 0.6 is 0 Å². The molecular weight excluding hydrogens is 707 g/mol. The molecule has 6 heterocycles. The molecule has 0 aliphatic carbocycles. The van der Waals surface area contributed by atoms with E-state index in [0.717, 1.165) is 61.5 Å². The van der Waals surface area contributed by atoms with Crippen LogP contribution in [-0.2, 0) is 0 Å². The van der Waals surface area contributed by atoms with Crippen LogP contribution in [0.2, 0.25) is 0 Å². The standard InChI is InChI=1S/C53H33N5/c1-2-13-43-41(11-1)42-12-3-5-15-48(42)58-50-25-26-51-53(45(50)31-52(43)58)44-14-4-6-16-49(44)57(51)40-29-46(36-21-17-34(18-22-36)38-9-7-27-54-32-38)56-47(30-40)37-23-19-35(20-24-37)39-10-8-28-55-33-39/h1-33H. The highest BCUT2D eigenvalue weighted by Gasteiger charge is 2.20. The fraction of sp³-hybridized carbons (Fsp3) is 0. The third kappa shape index (κ3) is 5.00. The molecule has 6 aromatic carbocycles. The Morgan fingerprint density at radius 1 is 0.328 bits per heavy atom. The van der Waals surface area contributed by atoms with Crippen LogP contribution in [0.1, 0.15) is 0 Å². The summed E-state index contributed by atoms with van der Waals surface area (Å²) in [7, 11) is 0. The Kier molecular flexibility index (Phi) is 7.16. The molecule has 0 saturated carbocycles. The maximum atomic E-state index is 5.34. The fourth-order valence-electron chi connectivity index (χ4n) is 9.00. The van der Waals surface area contributed by atoms with E-state index in [4.69, 9.17) is 4.98 Å². The molecule has 12 rings (SSSR count). The highest BCUT2D eigenvalue weighted by Crippen LogP contribution is 2.42. The van der Waals surface area contributed by atoms with Crippen molar-refractivity contribution in [2.75, 3.05) is 0 Å². The maximum Gasteiger partial charge on any atom is 0.0730 e. The molecule has 58 heavy (non-hydrogen) atoms. The first-order chi connectivity index (χ1) is 28.8. The minimum Gasteiger partial charge on any atom is -0.309 e. The first kappa shape index (κ1) is 32.4. The van der Waals surface area contributed by atoms with E-state index in [0.29, 0.717) is 0 Å². The number of hydrogen-bond donors (Lipinski definition) is 0. The van der Waals surface area contributed by atoms with Crippen molar-refractivity contribution in [1.29, 1.82) is 0 Å². The SMILES string of the molecule is c1cncc(-c2ccc(-c3cc(-n4c5ccccc5c5c6cc7c8ccccc8c8ccccc8n7c6ccc54)cc(-c4ccc(-c5cccnc5)cc4)n3)cc2)c1. The largest absolute Gasteiger partial charge is 0.309 e. The van der Waals surface area contributed by atoms with Gasteiger partial charge in [0.2, 0.25) is 0 Å². The molecule has 0 radical (unpaired) electrons. The van der Waals surface area contributed by atoms with Crippen molar-refractivity contribution in [3.63, 3.8) is 0 Å². The third-order valence-electron chi connectivity index (χ3n) is 11.7. The highest BCUT2D eigenvalue weighted by molar-refractivity contribution is 6.25. The summed E-state index contributed by atoms with van der Waals surface area (Å²) < 4.78 is 4.87. The molecule has 0 aliphatic rings. The zero-order valence-corrected chi connectivity index (χ0v) is 31.3. The van der Waals surface area contributed by atoms with Crippen molar-refractivity contribution >= 4 is 59.9 Å². The maximum absolute atomic E-state index is 5.34. The Morgan fingerprint density at radius 2 is 0.828 bits per heavy atom. The van der Waals surface area contributed by atoms with E-state index < -0.39 is 0 Å². The van der Waals surface area contributed by atoms with Crippen molar-refractivity contribution in [1.82, 2.24) is 23.9 Å². The van der Waals surface area contributed by atoms with Crippen LogP contribution in [0, 0.1) is 0 Å². The van der Waals surface area contributed by atoms with E-state index in [2.05, 4.69) is 183 Å². The third-order valence-corrected chi connectivity index (χ3v) is 11.7. The average Bonchev–Trinajstić information content (AvgIpc) is 3.87. The van der Waals surface area contributed by atoms with Gasteiger partial charge in [0.05, 0.1) is 44.7 Å². The number of para-hydroxylation sites is 2. The number of hydrogen-bond acceptors (Lipinski definition) is 3. The van der Waals surface area contributed by atoms with E-state index in [9.17, 15) is 0 Å². The number of pyridine rings is 4. The van der Waals surface area contributed by atoms with Crippen LogP contribution in [0.25, 0.3) is 110 Å². The molecule has 0 atom stereocenters. The lowest BCUT2D eigenvalue weighted by atomic mass is 10.0. The Bertz CT molecular complexity index is 3430. The van der Waals surface area contributed by atoms with Gasteiger partial charge in [-0.1, -0.05) is 121 Å². The number of benzene rings is 6. The Morgan fingerprint density at radius 3 is 1.43 bits per heavy atom. The summed E-state index contributed by atoms with van der Waals surface area (Å²) in [5, 5.41) is 7.47. The van der Waals surface area contributed by atoms with Gasteiger partial charge in [0, 0.05) is 62.8 Å². The highest BCUT2D eigenvalue weighted by atomic mass is 15.0. The topological polar surface area (TPSA) is 48.0 Å². The molecule has 0 unspecified atom stereocenters. The lowest BCUT2D eigenvalue weighted by Gasteiger charge is -2.14. The summed E-state index contributed by atoms with van der Waals surface area (Å²) in [6.45, 7) is 0. The van der Waals surface area contributed by atoms with Crippen LogP contribution in [0.15, 0.2) is 201 Å². The normalized spacial score (nSPS) is 11.8. The molecule has 0 aliphatic heterocycles. The van der Waals surface area contributed by atoms with E-state index in [1.165, 1.54) is 48.9 Å². The first-order valence-electron chi connectivity index (χ1n) is 19.6. The van der Waals surface area contributed by atoms with Crippen molar-refractivity contribution in [2.24, 2.45) is 0 Å². The quantitative estimate of drug-likeness (QED) is 0.165. The van der Waals surface area contributed by atoms with Gasteiger partial charge in [-0.3, -0.25) is 9.97 Å². The van der Waals surface area contributed by atoms with E-state index in [1.807, 2.05) is 24.5 Å². The smallest absolute Gasteiger partial charge is 0.0730 e. The van der Waals surface area contributed by atoms with Crippen molar-refractivity contribution in [2.45, 2.75) is 0 Å². The van der Waals surface area contributed by atoms with E-state index >= 15 is 0 Å². The number of rotatable bonds is 5. The van der Waals surface area contributed by atoms with Crippen LogP contribution in [0.5, 0.6) is 0 Å². The van der Waals surface area contributed by atoms with Gasteiger partial charge in [-0.2, -0.15) is 0 Å². The lowest BCUT2D eigenvalue weighted by molar-refractivity contribution is 1.16. The Balaban J connectivity index is 1.11. The molecule has 6 aromatic heterocycles. The Labute approximate surface area is 333 Å². The van der Waals surface area contributed by atoms with Gasteiger partial charge in [0.25, 0.3) is 0 Å². The zero-order valence-electron chi connectivity index (χ0n) is 31.3. The summed E-state index contributed by atoms with van der Waals surface area (Å²) >= 11 is 0. The van der Waals surface area contributed by atoms with Crippen LogP contribution < -0.4 is 0 Å². The van der Waals surface area contributed by atoms with Crippen molar-refractivity contribution in [3.05, 3.63) is 201 Å². The van der Waals surface area contributed by atoms with Crippen LogP contribution in [0.3, 0.4) is 0 Å². The molecular formula is C53H33N5. The molecule has 12 aromatic rings. The van der Waals surface area contributed by atoms with Gasteiger partial charge >= 0.3 is 0 Å². The molecule has 0 saturated heterocycles. The molecule has 0 bridgehead atoms. The molecule has 0 fully saturated rings. The first-order valence-corrected chi connectivity index (χ1v) is 19.6. The van der Waals surface area contributed by atoms with E-state index in [1.54, 1.807) is 12.4 Å². The molecule has 5 nitrogen and oxygen atoms in total. The summed E-state index contributed by atoms with van der Waals surface area (Å²) in [4.78, 5) is 14.0. The number of fused-ring (bicyclic) bond motifs is 12. The molecule has 0 N–H and O–H groups in total. The second-order valence-corrected chi connectivity index (χ2v) is 14.9. The van der Waals surface area contributed by atoms with Gasteiger partial charge in [-0.05, 0) is 82.2 Å². The predicted molar refractivity (Wildman–Crippen MR) is 239 cm³/mol. The minimum atomic E-state index is 0.904. The Hall–Kier alpha value is -7.89. The second-order valence-electron chi connectivity index (χ2n) is 14.9. The average molecular weight is 740 g/mol. The van der Waals surface area contributed by atoms with Crippen LogP contribution in [0.4, 0.5) is 0 Å². The van der Waals surface area contributed by atoms with Gasteiger partial charge in [0.15, 0.2) is 0 Å². The molecule has 270 valence electrons. The zero-order chi connectivity index (χ0) is 38.2. The number of aromatic nitrogens is 5. The van der Waals surface area contributed by atoms with Gasteiger partial charge < -0.3 is 8.97 Å². The minimum absolute atomic E-state index is 0.904. The monoisotopic (exact) mass is 739 g/mol. The summed E-state index contributed by atoms with van der Waals surface area (Å²) in [6.07, 6.45) is 7.42. The summed E-state index contributed by atoms with van der Waals surface area (Å²) in [6, 6.07) is 63.3. The molecule has 0 amide bonds. The van der Waals surface area contributed by atoms with Gasteiger partial charge in [0.1, 0.15) is 0 Å². The molecule has 0 spiro atoms.